The molecule has 0 unspecified atom stereocenters. The van der Waals surface area contributed by atoms with Gasteiger partial charge in [-0.15, -0.1) is 0 Å². The Morgan fingerprint density at radius 1 is 1.07 bits per heavy atom. The van der Waals surface area contributed by atoms with E-state index in [4.69, 9.17) is 18.9 Å². The van der Waals surface area contributed by atoms with Gasteiger partial charge in [0.2, 0.25) is 16.0 Å². The normalized spacial score (nSPS) is 16.5. The molecule has 0 saturated carbocycles. The van der Waals surface area contributed by atoms with Crippen LogP contribution in [0.2, 0.25) is 0 Å². The Hall–Kier alpha value is -2.70. The SMILES string of the molecule is COc1nc(CNS(=O)(=O)c2ccc3c(c2)OCCO3)nc(N2CCOCC2)n1. The minimum absolute atomic E-state index is 0.0659. The molecule has 1 fully saturated rings. The third kappa shape index (κ3) is 4.49. The van der Waals surface area contributed by atoms with Gasteiger partial charge in [-0.05, 0) is 12.1 Å². The van der Waals surface area contributed by atoms with Crippen molar-refractivity contribution >= 4 is 16.0 Å². The van der Waals surface area contributed by atoms with Crippen LogP contribution in [0.4, 0.5) is 5.95 Å². The number of sulfonamides is 1. The zero-order chi connectivity index (χ0) is 20.3. The zero-order valence-corrected chi connectivity index (χ0v) is 16.6. The highest BCUT2D eigenvalue weighted by Crippen LogP contribution is 2.32. The van der Waals surface area contributed by atoms with Crippen LogP contribution in [0.15, 0.2) is 23.1 Å². The van der Waals surface area contributed by atoms with Gasteiger partial charge in [0.25, 0.3) is 0 Å². The second kappa shape index (κ2) is 8.35. The quantitative estimate of drug-likeness (QED) is 0.677. The summed E-state index contributed by atoms with van der Waals surface area (Å²) >= 11 is 0. The van der Waals surface area contributed by atoms with Crippen molar-refractivity contribution in [2.75, 3.05) is 51.5 Å². The summed E-state index contributed by atoms with van der Waals surface area (Å²) in [6.07, 6.45) is 0. The molecule has 0 aliphatic carbocycles. The highest BCUT2D eigenvalue weighted by molar-refractivity contribution is 7.89. The predicted octanol–water partition coefficient (Wildman–Crippen LogP) is -0.0335. The first-order chi connectivity index (χ1) is 14.0. The Morgan fingerprint density at radius 3 is 2.59 bits per heavy atom. The van der Waals surface area contributed by atoms with E-state index in [0.29, 0.717) is 57.0 Å². The first-order valence-corrected chi connectivity index (χ1v) is 10.5. The van der Waals surface area contributed by atoms with E-state index in [2.05, 4.69) is 19.7 Å². The number of hydrogen-bond donors (Lipinski definition) is 1. The maximum Gasteiger partial charge on any atom is 0.321 e. The summed E-state index contributed by atoms with van der Waals surface area (Å²) in [5.74, 6) is 1.59. The average molecular weight is 423 g/mol. The Balaban J connectivity index is 1.51. The van der Waals surface area contributed by atoms with E-state index in [9.17, 15) is 8.42 Å². The molecule has 0 bridgehead atoms. The van der Waals surface area contributed by atoms with Crippen LogP contribution >= 0.6 is 0 Å². The molecule has 0 atom stereocenters. The highest BCUT2D eigenvalue weighted by atomic mass is 32.2. The lowest BCUT2D eigenvalue weighted by Gasteiger charge is -2.26. The van der Waals surface area contributed by atoms with Gasteiger partial charge < -0.3 is 23.8 Å². The molecule has 3 heterocycles. The van der Waals surface area contributed by atoms with Gasteiger partial charge in [0.15, 0.2) is 17.3 Å². The largest absolute Gasteiger partial charge is 0.486 e. The number of anilines is 1. The lowest BCUT2D eigenvalue weighted by atomic mass is 10.3. The van der Waals surface area contributed by atoms with Crippen LogP contribution in [0.25, 0.3) is 0 Å². The number of ether oxygens (including phenoxy) is 4. The highest BCUT2D eigenvalue weighted by Gasteiger charge is 2.21. The third-order valence-electron chi connectivity index (χ3n) is 4.37. The summed E-state index contributed by atoms with van der Waals surface area (Å²) in [5.41, 5.74) is 0. The van der Waals surface area contributed by atoms with E-state index in [0.717, 1.165) is 0 Å². The van der Waals surface area contributed by atoms with Gasteiger partial charge in [0.05, 0.1) is 31.8 Å². The summed E-state index contributed by atoms with van der Waals surface area (Å²) in [6.45, 7) is 3.10. The molecule has 12 heteroatoms. The van der Waals surface area contributed by atoms with Crippen molar-refractivity contribution in [1.82, 2.24) is 19.7 Å². The average Bonchev–Trinajstić information content (AvgIpc) is 2.78. The molecular weight excluding hydrogens is 402 g/mol. The fourth-order valence-corrected chi connectivity index (χ4v) is 3.89. The van der Waals surface area contributed by atoms with Crippen molar-refractivity contribution in [3.8, 4) is 17.5 Å². The van der Waals surface area contributed by atoms with E-state index < -0.39 is 10.0 Å². The van der Waals surface area contributed by atoms with Crippen molar-refractivity contribution in [1.29, 1.82) is 0 Å². The molecule has 156 valence electrons. The Bertz CT molecular complexity index is 980. The molecule has 1 aromatic carbocycles. The smallest absolute Gasteiger partial charge is 0.321 e. The van der Waals surface area contributed by atoms with Crippen LogP contribution in [0.1, 0.15) is 5.82 Å². The summed E-state index contributed by atoms with van der Waals surface area (Å²) < 4.78 is 49.2. The van der Waals surface area contributed by atoms with Gasteiger partial charge >= 0.3 is 6.01 Å². The molecule has 4 rings (SSSR count). The lowest BCUT2D eigenvalue weighted by molar-refractivity contribution is 0.122. The van der Waals surface area contributed by atoms with Crippen molar-refractivity contribution in [2.24, 2.45) is 0 Å². The molecule has 11 nitrogen and oxygen atoms in total. The molecule has 0 amide bonds. The minimum atomic E-state index is -3.81. The maximum absolute atomic E-state index is 12.7. The number of fused-ring (bicyclic) bond motifs is 1. The first-order valence-electron chi connectivity index (χ1n) is 9.06. The van der Waals surface area contributed by atoms with E-state index >= 15 is 0 Å². The molecule has 0 radical (unpaired) electrons. The molecule has 29 heavy (non-hydrogen) atoms. The number of benzene rings is 1. The van der Waals surface area contributed by atoms with Crippen molar-refractivity contribution in [3.05, 3.63) is 24.0 Å². The number of rotatable bonds is 6. The topological polar surface area (TPSA) is 125 Å². The minimum Gasteiger partial charge on any atom is -0.486 e. The van der Waals surface area contributed by atoms with Gasteiger partial charge in [-0.3, -0.25) is 0 Å². The standard InChI is InChI=1S/C17H21N5O6S/c1-25-17-20-15(19-16(21-17)22-4-6-26-7-5-22)11-18-29(23,24)12-2-3-13-14(10-12)28-9-8-27-13/h2-3,10,18H,4-9,11H2,1H3. The number of morpholine rings is 1. The second-order valence-corrected chi connectivity index (χ2v) is 8.03. The molecule has 2 aliphatic heterocycles. The van der Waals surface area contributed by atoms with Crippen LogP contribution in [0, 0.1) is 0 Å². The van der Waals surface area contributed by atoms with Crippen LogP contribution in [0.5, 0.6) is 17.5 Å². The second-order valence-electron chi connectivity index (χ2n) is 6.27. The molecule has 1 aromatic heterocycles. The summed E-state index contributed by atoms with van der Waals surface area (Å²) in [5, 5.41) is 0. The number of aromatic nitrogens is 3. The van der Waals surface area contributed by atoms with E-state index in [1.165, 1.54) is 19.2 Å². The number of methoxy groups -OCH3 is 1. The van der Waals surface area contributed by atoms with Crippen LogP contribution < -0.4 is 23.8 Å². The van der Waals surface area contributed by atoms with Crippen molar-refractivity contribution in [3.63, 3.8) is 0 Å². The first kappa shape index (κ1) is 19.6. The molecule has 1 saturated heterocycles. The molecule has 2 aliphatic rings. The number of hydrogen-bond acceptors (Lipinski definition) is 10. The Morgan fingerprint density at radius 2 is 1.83 bits per heavy atom. The monoisotopic (exact) mass is 423 g/mol. The Labute approximate surface area is 168 Å². The van der Waals surface area contributed by atoms with E-state index in [1.807, 2.05) is 4.90 Å². The van der Waals surface area contributed by atoms with Gasteiger partial charge in [0.1, 0.15) is 13.2 Å². The van der Waals surface area contributed by atoms with Crippen LogP contribution in [0.3, 0.4) is 0 Å². The lowest BCUT2D eigenvalue weighted by Crippen LogP contribution is -2.37. The van der Waals surface area contributed by atoms with E-state index in [-0.39, 0.29) is 23.3 Å². The van der Waals surface area contributed by atoms with Gasteiger partial charge in [-0.1, -0.05) is 0 Å². The number of nitrogens with zero attached hydrogens (tertiary/aromatic N) is 4. The molecule has 2 aromatic rings. The van der Waals surface area contributed by atoms with Crippen LogP contribution in [-0.4, -0.2) is 70.0 Å². The Kier molecular flexibility index (Phi) is 5.65. The summed E-state index contributed by atoms with van der Waals surface area (Å²) in [4.78, 5) is 14.8. The molecular formula is C17H21N5O6S. The van der Waals surface area contributed by atoms with E-state index in [1.54, 1.807) is 6.07 Å². The van der Waals surface area contributed by atoms with Crippen molar-refractivity contribution in [2.45, 2.75) is 11.4 Å². The van der Waals surface area contributed by atoms with Crippen LogP contribution in [-0.2, 0) is 21.3 Å². The summed E-state index contributed by atoms with van der Waals surface area (Å²) in [6, 6.07) is 4.59. The molecule has 1 N–H and O–H groups in total. The van der Waals surface area contributed by atoms with Gasteiger partial charge in [-0.25, -0.2) is 13.1 Å². The predicted molar refractivity (Wildman–Crippen MR) is 101 cm³/mol. The maximum atomic E-state index is 12.7. The van der Waals surface area contributed by atoms with Gasteiger partial charge in [0, 0.05) is 19.2 Å². The number of nitrogens with one attached hydrogen (secondary N) is 1. The molecule has 0 spiro atoms. The third-order valence-corrected chi connectivity index (χ3v) is 5.77. The summed E-state index contributed by atoms with van der Waals surface area (Å²) in [7, 11) is -2.36. The van der Waals surface area contributed by atoms with Crippen molar-refractivity contribution < 1.29 is 27.4 Å². The fraction of sp³-hybridized carbons (Fsp3) is 0.471. The fourth-order valence-electron chi connectivity index (χ4n) is 2.90. The zero-order valence-electron chi connectivity index (χ0n) is 15.8. The van der Waals surface area contributed by atoms with Gasteiger partial charge in [-0.2, -0.15) is 15.0 Å².